The number of ether oxygens (including phenoxy) is 2. The molecule has 124 valence electrons. The Balaban J connectivity index is 1.96. The number of phenols is 1. The first-order chi connectivity index (χ1) is 11.6. The van der Waals surface area contributed by atoms with Crippen LogP contribution in [0.2, 0.25) is 0 Å². The molecule has 5 nitrogen and oxygen atoms in total. The average molecular weight is 328 g/mol. The lowest BCUT2D eigenvalue weighted by molar-refractivity contribution is 0.338. The van der Waals surface area contributed by atoms with Gasteiger partial charge in [-0.3, -0.25) is 5.10 Å². The molecule has 1 heterocycles. The summed E-state index contributed by atoms with van der Waals surface area (Å²) in [5.41, 5.74) is 1.68. The van der Waals surface area contributed by atoms with Crippen molar-refractivity contribution in [3.63, 3.8) is 0 Å². The maximum absolute atomic E-state index is 13.0. The lowest BCUT2D eigenvalue weighted by Crippen LogP contribution is -1.92. The number of aromatic nitrogens is 2. The van der Waals surface area contributed by atoms with Gasteiger partial charge in [0.25, 0.3) is 0 Å². The lowest BCUT2D eigenvalue weighted by atomic mass is 10.1. The Labute approximate surface area is 138 Å². The molecule has 0 unspecified atom stereocenters. The summed E-state index contributed by atoms with van der Waals surface area (Å²) < 4.78 is 24.2. The second kappa shape index (κ2) is 6.62. The summed E-state index contributed by atoms with van der Waals surface area (Å²) in [5.74, 6) is 1.23. The van der Waals surface area contributed by atoms with Crippen molar-refractivity contribution >= 4 is 0 Å². The fourth-order valence-corrected chi connectivity index (χ4v) is 2.31. The van der Waals surface area contributed by atoms with Crippen LogP contribution in [-0.2, 0) is 0 Å². The highest BCUT2D eigenvalue weighted by atomic mass is 19.1. The molecule has 3 rings (SSSR count). The molecule has 0 saturated carbocycles. The molecule has 24 heavy (non-hydrogen) atoms. The van der Waals surface area contributed by atoms with Crippen LogP contribution in [0, 0.1) is 12.7 Å². The first-order valence-corrected chi connectivity index (χ1v) is 7.53. The first-order valence-electron chi connectivity index (χ1n) is 7.53. The molecule has 0 aliphatic heterocycles. The van der Waals surface area contributed by atoms with E-state index in [1.165, 1.54) is 30.3 Å². The van der Waals surface area contributed by atoms with Gasteiger partial charge in [-0.05, 0) is 50.2 Å². The predicted molar refractivity (Wildman–Crippen MR) is 88.1 cm³/mol. The van der Waals surface area contributed by atoms with Crippen LogP contribution in [-0.4, -0.2) is 21.9 Å². The van der Waals surface area contributed by atoms with Gasteiger partial charge in [0, 0.05) is 11.6 Å². The zero-order chi connectivity index (χ0) is 17.1. The van der Waals surface area contributed by atoms with Gasteiger partial charge in [-0.25, -0.2) is 4.39 Å². The Bertz CT molecular complexity index is 844. The van der Waals surface area contributed by atoms with E-state index in [1.807, 2.05) is 6.92 Å². The topological polar surface area (TPSA) is 67.4 Å². The van der Waals surface area contributed by atoms with Crippen LogP contribution in [0.4, 0.5) is 4.39 Å². The fourth-order valence-electron chi connectivity index (χ4n) is 2.31. The number of aryl methyl sites for hydroxylation is 1. The number of hydrogen-bond donors (Lipinski definition) is 2. The normalized spacial score (nSPS) is 10.6. The van der Waals surface area contributed by atoms with Crippen LogP contribution < -0.4 is 9.47 Å². The molecule has 1 aromatic heterocycles. The van der Waals surface area contributed by atoms with Crippen LogP contribution in [0.15, 0.2) is 42.5 Å². The minimum atomic E-state index is -0.337. The fraction of sp³-hybridized carbons (Fsp3) is 0.167. The van der Waals surface area contributed by atoms with E-state index < -0.39 is 0 Å². The maximum Gasteiger partial charge on any atom is 0.176 e. The second-order valence-corrected chi connectivity index (χ2v) is 5.19. The third-order valence-corrected chi connectivity index (χ3v) is 3.46. The van der Waals surface area contributed by atoms with E-state index in [-0.39, 0.29) is 11.6 Å². The molecule has 0 atom stereocenters. The summed E-state index contributed by atoms with van der Waals surface area (Å²) in [6, 6.07) is 10.7. The summed E-state index contributed by atoms with van der Waals surface area (Å²) >= 11 is 0. The van der Waals surface area contributed by atoms with E-state index in [4.69, 9.17) is 9.47 Å². The SMILES string of the molecule is CCOc1ccc(-c2n[nH]c(C)c2Oc2ccc(F)cc2)c(O)c1. The van der Waals surface area contributed by atoms with Gasteiger partial charge in [0.05, 0.1) is 12.3 Å². The first kappa shape index (κ1) is 15.9. The van der Waals surface area contributed by atoms with Crippen LogP contribution in [0.5, 0.6) is 23.0 Å². The number of nitrogens with zero attached hydrogens (tertiary/aromatic N) is 1. The van der Waals surface area contributed by atoms with Gasteiger partial charge in [0.15, 0.2) is 5.75 Å². The minimum Gasteiger partial charge on any atom is -0.507 e. The highest BCUT2D eigenvalue weighted by molar-refractivity contribution is 5.74. The molecule has 0 aliphatic carbocycles. The largest absolute Gasteiger partial charge is 0.507 e. The minimum absolute atomic E-state index is 0.0383. The van der Waals surface area contributed by atoms with Crippen LogP contribution in [0.25, 0.3) is 11.3 Å². The van der Waals surface area contributed by atoms with Crippen molar-refractivity contribution in [3.05, 3.63) is 54.0 Å². The van der Waals surface area contributed by atoms with Gasteiger partial charge in [0.2, 0.25) is 0 Å². The van der Waals surface area contributed by atoms with Crippen molar-refractivity contribution in [1.29, 1.82) is 0 Å². The summed E-state index contributed by atoms with van der Waals surface area (Å²) in [6.45, 7) is 4.19. The Kier molecular flexibility index (Phi) is 4.37. The Morgan fingerprint density at radius 1 is 1.12 bits per heavy atom. The molecule has 0 spiro atoms. The van der Waals surface area contributed by atoms with Gasteiger partial charge in [0.1, 0.15) is 28.8 Å². The molecule has 0 fully saturated rings. The number of hydrogen-bond acceptors (Lipinski definition) is 4. The van der Waals surface area contributed by atoms with Crippen LogP contribution in [0.1, 0.15) is 12.6 Å². The van der Waals surface area contributed by atoms with Gasteiger partial charge in [-0.1, -0.05) is 0 Å². The van der Waals surface area contributed by atoms with Crippen molar-refractivity contribution in [2.75, 3.05) is 6.61 Å². The molecule has 0 radical (unpaired) electrons. The van der Waals surface area contributed by atoms with E-state index in [0.717, 1.165) is 0 Å². The second-order valence-electron chi connectivity index (χ2n) is 5.19. The summed E-state index contributed by atoms with van der Waals surface area (Å²) in [6.07, 6.45) is 0. The van der Waals surface area contributed by atoms with Gasteiger partial charge < -0.3 is 14.6 Å². The molecule has 2 aromatic carbocycles. The third kappa shape index (κ3) is 3.17. The van der Waals surface area contributed by atoms with Crippen LogP contribution in [0.3, 0.4) is 0 Å². The smallest absolute Gasteiger partial charge is 0.176 e. The number of benzene rings is 2. The highest BCUT2D eigenvalue weighted by Crippen LogP contribution is 2.39. The molecule has 0 amide bonds. The summed E-state index contributed by atoms with van der Waals surface area (Å²) in [5, 5.41) is 17.3. The van der Waals surface area contributed by atoms with Crippen molar-refractivity contribution < 1.29 is 19.0 Å². The third-order valence-electron chi connectivity index (χ3n) is 3.46. The summed E-state index contributed by atoms with van der Waals surface area (Å²) in [7, 11) is 0. The molecule has 0 aliphatic rings. The quantitative estimate of drug-likeness (QED) is 0.727. The number of H-pyrrole nitrogens is 1. The van der Waals surface area contributed by atoms with Crippen molar-refractivity contribution in [1.82, 2.24) is 10.2 Å². The molecule has 3 aromatic rings. The molecular weight excluding hydrogens is 311 g/mol. The molecule has 6 heteroatoms. The van der Waals surface area contributed by atoms with E-state index >= 15 is 0 Å². The number of aromatic amines is 1. The number of phenolic OH excluding ortho intramolecular Hbond substituents is 1. The zero-order valence-corrected chi connectivity index (χ0v) is 13.3. The standard InChI is InChI=1S/C18H17FN2O3/c1-3-23-14-8-9-15(16(22)10-14)17-18(11(2)20-21-17)24-13-6-4-12(19)5-7-13/h4-10,22H,3H2,1-2H3,(H,20,21). The highest BCUT2D eigenvalue weighted by Gasteiger charge is 2.18. The molecule has 0 saturated heterocycles. The van der Waals surface area contributed by atoms with E-state index in [2.05, 4.69) is 10.2 Å². The molecule has 0 bridgehead atoms. The Morgan fingerprint density at radius 3 is 2.50 bits per heavy atom. The monoisotopic (exact) mass is 328 g/mol. The number of nitrogens with one attached hydrogen (secondary N) is 1. The predicted octanol–water partition coefficient (Wildman–Crippen LogP) is 4.42. The molecular formula is C18H17FN2O3. The van der Waals surface area contributed by atoms with Crippen LogP contribution >= 0.6 is 0 Å². The average Bonchev–Trinajstić information content (AvgIpc) is 2.91. The zero-order valence-electron chi connectivity index (χ0n) is 13.3. The maximum atomic E-state index is 13.0. The van der Waals surface area contributed by atoms with Gasteiger partial charge in [-0.2, -0.15) is 5.10 Å². The Morgan fingerprint density at radius 2 is 1.83 bits per heavy atom. The Hall–Kier alpha value is -3.02. The van der Waals surface area contributed by atoms with E-state index in [9.17, 15) is 9.50 Å². The molecule has 2 N–H and O–H groups in total. The van der Waals surface area contributed by atoms with E-state index in [1.54, 1.807) is 19.1 Å². The van der Waals surface area contributed by atoms with Crippen molar-refractivity contribution in [3.8, 4) is 34.3 Å². The van der Waals surface area contributed by atoms with E-state index in [0.29, 0.717) is 40.8 Å². The number of rotatable bonds is 5. The van der Waals surface area contributed by atoms with Crippen molar-refractivity contribution in [2.45, 2.75) is 13.8 Å². The van der Waals surface area contributed by atoms with Crippen molar-refractivity contribution in [2.24, 2.45) is 0 Å². The lowest BCUT2D eigenvalue weighted by Gasteiger charge is -2.10. The number of aromatic hydroxyl groups is 1. The number of halogens is 1. The summed E-state index contributed by atoms with van der Waals surface area (Å²) in [4.78, 5) is 0. The van der Waals surface area contributed by atoms with Gasteiger partial charge in [-0.15, -0.1) is 0 Å². The van der Waals surface area contributed by atoms with Gasteiger partial charge >= 0.3 is 0 Å².